The van der Waals surface area contributed by atoms with Crippen LogP contribution in [0.2, 0.25) is 5.02 Å². The quantitative estimate of drug-likeness (QED) is 0.479. The van der Waals surface area contributed by atoms with Gasteiger partial charge in [-0.1, -0.05) is 11.6 Å². The van der Waals surface area contributed by atoms with Crippen molar-refractivity contribution >= 4 is 23.2 Å². The number of rotatable bonds is 1. The van der Waals surface area contributed by atoms with Gasteiger partial charge in [-0.05, 0) is 0 Å². The number of amides is 1. The Labute approximate surface area is 79.8 Å². The molecular formula is C8H8ClNO3. The summed E-state index contributed by atoms with van der Waals surface area (Å²) in [6.07, 6.45) is 0. The molecule has 1 rings (SSSR count). The van der Waals surface area contributed by atoms with Crippen molar-refractivity contribution in [3.8, 4) is 11.5 Å². The first-order valence-corrected chi connectivity index (χ1v) is 3.87. The summed E-state index contributed by atoms with van der Waals surface area (Å²) in [5.74, 6) is -0.710. The van der Waals surface area contributed by atoms with Gasteiger partial charge in [0.25, 0.3) is 0 Å². The smallest absolute Gasteiger partial charge is 0.221 e. The summed E-state index contributed by atoms with van der Waals surface area (Å²) in [5.41, 5.74) is 0.134. The molecule has 0 aromatic heterocycles. The van der Waals surface area contributed by atoms with Crippen molar-refractivity contribution in [2.45, 2.75) is 6.92 Å². The van der Waals surface area contributed by atoms with Crippen molar-refractivity contribution in [3.05, 3.63) is 17.2 Å². The summed E-state index contributed by atoms with van der Waals surface area (Å²) >= 11 is 5.50. The standard InChI is InChI=1S/C8H8ClNO3/c1-4(11)10-6-3-7(12)5(9)2-8(6)13/h2-3,12-13H,1H3,(H,10,11). The molecule has 1 aromatic carbocycles. The van der Waals surface area contributed by atoms with Crippen molar-refractivity contribution in [3.63, 3.8) is 0 Å². The van der Waals surface area contributed by atoms with Gasteiger partial charge in [0.15, 0.2) is 0 Å². The van der Waals surface area contributed by atoms with E-state index < -0.39 is 0 Å². The molecule has 70 valence electrons. The Kier molecular flexibility index (Phi) is 2.63. The van der Waals surface area contributed by atoms with Gasteiger partial charge in [-0.3, -0.25) is 4.79 Å². The average molecular weight is 202 g/mol. The third-order valence-corrected chi connectivity index (χ3v) is 1.68. The minimum absolute atomic E-state index is 0.0339. The molecule has 0 unspecified atom stereocenters. The maximum atomic E-state index is 10.6. The topological polar surface area (TPSA) is 69.6 Å². The maximum absolute atomic E-state index is 10.6. The molecule has 0 aliphatic heterocycles. The van der Waals surface area contributed by atoms with Crippen LogP contribution < -0.4 is 5.32 Å². The fourth-order valence-corrected chi connectivity index (χ4v) is 0.999. The van der Waals surface area contributed by atoms with E-state index in [1.54, 1.807) is 0 Å². The Morgan fingerprint density at radius 1 is 1.38 bits per heavy atom. The van der Waals surface area contributed by atoms with Crippen LogP contribution in [0.3, 0.4) is 0 Å². The van der Waals surface area contributed by atoms with Crippen molar-refractivity contribution < 1.29 is 15.0 Å². The molecule has 0 fully saturated rings. The third kappa shape index (κ3) is 2.26. The van der Waals surface area contributed by atoms with Crippen LogP contribution in [0.1, 0.15) is 6.92 Å². The summed E-state index contributed by atoms with van der Waals surface area (Å²) in [6.45, 7) is 1.30. The average Bonchev–Trinajstić information content (AvgIpc) is 1.99. The van der Waals surface area contributed by atoms with Crippen LogP contribution in [0, 0.1) is 0 Å². The highest BCUT2D eigenvalue weighted by Gasteiger charge is 2.07. The Balaban J connectivity index is 3.08. The second-order valence-electron chi connectivity index (χ2n) is 2.50. The predicted octanol–water partition coefficient (Wildman–Crippen LogP) is 1.71. The molecule has 13 heavy (non-hydrogen) atoms. The first kappa shape index (κ1) is 9.67. The second kappa shape index (κ2) is 3.53. The Hall–Kier alpha value is -1.42. The molecule has 0 spiro atoms. The van der Waals surface area contributed by atoms with Gasteiger partial charge >= 0.3 is 0 Å². The lowest BCUT2D eigenvalue weighted by atomic mass is 10.2. The van der Waals surface area contributed by atoms with Crippen LogP contribution in [-0.4, -0.2) is 16.1 Å². The molecule has 0 radical (unpaired) electrons. The number of carbonyl (C=O) groups excluding carboxylic acids is 1. The van der Waals surface area contributed by atoms with Gasteiger partial charge in [-0.2, -0.15) is 0 Å². The highest BCUT2D eigenvalue weighted by Crippen LogP contribution is 2.34. The number of phenolic OH excluding ortho intramolecular Hbond substituents is 2. The summed E-state index contributed by atoms with van der Waals surface area (Å²) in [4.78, 5) is 10.6. The van der Waals surface area contributed by atoms with Gasteiger partial charge in [0, 0.05) is 19.1 Å². The molecule has 0 heterocycles. The summed E-state index contributed by atoms with van der Waals surface area (Å²) < 4.78 is 0. The number of anilines is 1. The van der Waals surface area contributed by atoms with E-state index in [0.717, 1.165) is 6.07 Å². The molecule has 0 atom stereocenters. The van der Waals surface area contributed by atoms with Gasteiger partial charge in [0.2, 0.25) is 5.91 Å². The van der Waals surface area contributed by atoms with Crippen molar-refractivity contribution in [2.75, 3.05) is 5.32 Å². The lowest BCUT2D eigenvalue weighted by molar-refractivity contribution is -0.114. The fourth-order valence-electron chi connectivity index (χ4n) is 0.841. The van der Waals surface area contributed by atoms with E-state index in [2.05, 4.69) is 5.32 Å². The zero-order valence-corrected chi connectivity index (χ0v) is 7.59. The van der Waals surface area contributed by atoms with Gasteiger partial charge in [0.05, 0.1) is 10.7 Å². The number of carbonyl (C=O) groups is 1. The number of hydrogen-bond donors (Lipinski definition) is 3. The molecule has 0 bridgehead atoms. The first-order valence-electron chi connectivity index (χ1n) is 3.50. The maximum Gasteiger partial charge on any atom is 0.221 e. The predicted molar refractivity (Wildman–Crippen MR) is 49.1 cm³/mol. The first-order chi connectivity index (χ1) is 6.00. The Bertz CT molecular complexity index is 351. The minimum atomic E-state index is -0.336. The zero-order valence-electron chi connectivity index (χ0n) is 6.84. The van der Waals surface area contributed by atoms with E-state index in [0.29, 0.717) is 0 Å². The lowest BCUT2D eigenvalue weighted by Gasteiger charge is -2.06. The molecule has 0 aliphatic carbocycles. The second-order valence-corrected chi connectivity index (χ2v) is 2.91. The van der Waals surface area contributed by atoms with Crippen LogP contribution in [-0.2, 0) is 4.79 Å². The third-order valence-electron chi connectivity index (χ3n) is 1.38. The summed E-state index contributed by atoms with van der Waals surface area (Å²) in [5, 5.41) is 20.8. The number of aromatic hydroxyl groups is 2. The molecule has 1 aromatic rings. The van der Waals surface area contributed by atoms with Crippen LogP contribution in [0.15, 0.2) is 12.1 Å². The van der Waals surface area contributed by atoms with Gasteiger partial charge in [0.1, 0.15) is 11.5 Å². The fraction of sp³-hybridized carbons (Fsp3) is 0.125. The summed E-state index contributed by atoms with van der Waals surface area (Å²) in [7, 11) is 0. The number of hydrogen-bond acceptors (Lipinski definition) is 3. The van der Waals surface area contributed by atoms with E-state index in [1.807, 2.05) is 0 Å². The van der Waals surface area contributed by atoms with Gasteiger partial charge in [-0.15, -0.1) is 0 Å². The largest absolute Gasteiger partial charge is 0.506 e. The lowest BCUT2D eigenvalue weighted by Crippen LogP contribution is -2.05. The van der Waals surface area contributed by atoms with E-state index in [4.69, 9.17) is 16.7 Å². The monoisotopic (exact) mass is 201 g/mol. The number of phenols is 2. The van der Waals surface area contributed by atoms with Crippen molar-refractivity contribution in [2.24, 2.45) is 0 Å². The van der Waals surface area contributed by atoms with Crippen molar-refractivity contribution in [1.29, 1.82) is 0 Å². The van der Waals surface area contributed by atoms with Crippen molar-refractivity contribution in [1.82, 2.24) is 0 Å². The molecule has 1 amide bonds. The number of benzene rings is 1. The molecule has 5 heteroatoms. The SMILES string of the molecule is CC(=O)Nc1cc(O)c(Cl)cc1O. The highest BCUT2D eigenvalue weighted by atomic mass is 35.5. The van der Waals surface area contributed by atoms with E-state index in [9.17, 15) is 9.90 Å². The van der Waals surface area contributed by atoms with E-state index in [1.165, 1.54) is 13.0 Å². The molecule has 0 saturated carbocycles. The molecule has 0 aliphatic rings. The molecule has 0 saturated heterocycles. The van der Waals surface area contributed by atoms with Crippen LogP contribution in [0.4, 0.5) is 5.69 Å². The van der Waals surface area contributed by atoms with Crippen LogP contribution >= 0.6 is 11.6 Å². The normalized spacial score (nSPS) is 9.69. The zero-order chi connectivity index (χ0) is 10.0. The highest BCUT2D eigenvalue weighted by molar-refractivity contribution is 6.32. The molecular weight excluding hydrogens is 194 g/mol. The Morgan fingerprint density at radius 2 is 2.00 bits per heavy atom. The van der Waals surface area contributed by atoms with Crippen LogP contribution in [0.5, 0.6) is 11.5 Å². The Morgan fingerprint density at radius 3 is 2.54 bits per heavy atom. The van der Waals surface area contributed by atoms with Crippen LogP contribution in [0.25, 0.3) is 0 Å². The number of halogens is 1. The van der Waals surface area contributed by atoms with E-state index >= 15 is 0 Å². The molecule has 4 nitrogen and oxygen atoms in total. The molecule has 3 N–H and O–H groups in total. The van der Waals surface area contributed by atoms with Gasteiger partial charge < -0.3 is 15.5 Å². The van der Waals surface area contributed by atoms with E-state index in [-0.39, 0.29) is 28.1 Å². The van der Waals surface area contributed by atoms with Gasteiger partial charge in [-0.25, -0.2) is 0 Å². The minimum Gasteiger partial charge on any atom is -0.506 e. The number of nitrogens with one attached hydrogen (secondary N) is 1. The summed E-state index contributed by atoms with van der Waals surface area (Å²) in [6, 6.07) is 2.33.